The van der Waals surface area contributed by atoms with Gasteiger partial charge in [-0.25, -0.2) is 0 Å². The van der Waals surface area contributed by atoms with Crippen LogP contribution in [0.3, 0.4) is 0 Å². The van der Waals surface area contributed by atoms with Gasteiger partial charge in [-0.05, 0) is 48.3 Å². The maximum Gasteiger partial charge on any atom is 0.257 e. The summed E-state index contributed by atoms with van der Waals surface area (Å²) in [5.41, 5.74) is 1.80. The van der Waals surface area contributed by atoms with Crippen LogP contribution >= 0.6 is 0 Å². The molecule has 4 bridgehead atoms. The van der Waals surface area contributed by atoms with Gasteiger partial charge in [0.2, 0.25) is 0 Å². The second-order valence-electron chi connectivity index (χ2n) is 6.55. The minimum atomic E-state index is -0.00676. The van der Waals surface area contributed by atoms with Gasteiger partial charge in [0.25, 0.3) is 11.8 Å². The number of fused-ring (bicyclic) bond motifs is 11. The van der Waals surface area contributed by atoms with Crippen molar-refractivity contribution in [1.82, 2.24) is 4.90 Å². The van der Waals surface area contributed by atoms with Crippen LogP contribution in [0.2, 0.25) is 0 Å². The predicted molar refractivity (Wildman–Crippen MR) is 64.1 cm³/mol. The molecule has 1 heterocycles. The van der Waals surface area contributed by atoms with E-state index in [0.29, 0.717) is 35.5 Å². The van der Waals surface area contributed by atoms with E-state index in [0.717, 1.165) is 17.6 Å². The Balaban J connectivity index is 1.68. The number of likely N-dealkylation sites (N-methyl/N-ethyl adjacent to an activating group) is 1. The Morgan fingerprint density at radius 3 is 1.94 bits per heavy atom. The zero-order valence-electron chi connectivity index (χ0n) is 10.3. The SMILES string of the molecule is CN1C(=O)C2=C(C1=O)C1CC2C2C3C=CC(C3)C12. The molecule has 92 valence electrons. The topological polar surface area (TPSA) is 37.4 Å². The largest absolute Gasteiger partial charge is 0.278 e. The van der Waals surface area contributed by atoms with Gasteiger partial charge in [-0.2, -0.15) is 0 Å². The van der Waals surface area contributed by atoms with Gasteiger partial charge in [0.05, 0.1) is 0 Å². The standard InChI is InChI=1S/C15H15NO2/c1-16-14(17)12-8-5-9(13(12)15(16)18)11-7-3-2-6(4-7)10(8)11/h2-3,6-11H,4-5H2,1H3. The number of nitrogens with zero attached hydrogens (tertiary/aromatic N) is 1. The van der Waals surface area contributed by atoms with Crippen molar-refractivity contribution in [2.75, 3.05) is 7.05 Å². The number of carbonyl (C=O) groups is 2. The monoisotopic (exact) mass is 241 g/mol. The molecule has 0 N–H and O–H groups in total. The Bertz CT molecular complexity index is 527. The molecule has 2 amide bonds. The van der Waals surface area contributed by atoms with E-state index in [9.17, 15) is 9.59 Å². The van der Waals surface area contributed by atoms with Crippen molar-refractivity contribution < 1.29 is 9.59 Å². The average Bonchev–Trinajstić information content (AvgIpc) is 3.11. The molecule has 5 aliphatic rings. The first-order valence-electron chi connectivity index (χ1n) is 6.93. The van der Waals surface area contributed by atoms with Crippen LogP contribution in [0.4, 0.5) is 0 Å². The van der Waals surface area contributed by atoms with E-state index >= 15 is 0 Å². The number of rotatable bonds is 0. The molecule has 1 aliphatic heterocycles. The van der Waals surface area contributed by atoms with Crippen LogP contribution < -0.4 is 0 Å². The van der Waals surface area contributed by atoms with Crippen LogP contribution in [0.5, 0.6) is 0 Å². The Morgan fingerprint density at radius 2 is 1.44 bits per heavy atom. The maximum absolute atomic E-state index is 12.2. The highest BCUT2D eigenvalue weighted by atomic mass is 16.2. The van der Waals surface area contributed by atoms with Crippen molar-refractivity contribution in [2.24, 2.45) is 35.5 Å². The average molecular weight is 241 g/mol. The zero-order valence-corrected chi connectivity index (χ0v) is 10.3. The number of carbonyl (C=O) groups excluding carboxylic acids is 2. The molecule has 6 atom stereocenters. The summed E-state index contributed by atoms with van der Waals surface area (Å²) >= 11 is 0. The summed E-state index contributed by atoms with van der Waals surface area (Å²) in [6.45, 7) is 0. The van der Waals surface area contributed by atoms with E-state index in [1.54, 1.807) is 7.05 Å². The van der Waals surface area contributed by atoms with Crippen LogP contribution in [-0.2, 0) is 9.59 Å². The Labute approximate surface area is 106 Å². The highest BCUT2D eigenvalue weighted by Crippen LogP contribution is 2.68. The minimum Gasteiger partial charge on any atom is -0.278 e. The van der Waals surface area contributed by atoms with E-state index in [2.05, 4.69) is 12.2 Å². The summed E-state index contributed by atoms with van der Waals surface area (Å²) in [7, 11) is 1.63. The lowest BCUT2D eigenvalue weighted by Gasteiger charge is -2.31. The van der Waals surface area contributed by atoms with E-state index in [1.165, 1.54) is 11.3 Å². The number of hydrogen-bond acceptors (Lipinski definition) is 2. The third kappa shape index (κ3) is 0.763. The molecule has 2 fully saturated rings. The number of hydrogen-bond donors (Lipinski definition) is 0. The maximum atomic E-state index is 12.2. The van der Waals surface area contributed by atoms with Gasteiger partial charge >= 0.3 is 0 Å². The lowest BCUT2D eigenvalue weighted by atomic mass is 9.71. The Morgan fingerprint density at radius 1 is 0.944 bits per heavy atom. The fourth-order valence-corrected chi connectivity index (χ4v) is 5.64. The van der Waals surface area contributed by atoms with Crippen LogP contribution in [0, 0.1) is 35.5 Å². The second kappa shape index (κ2) is 2.63. The molecule has 0 radical (unpaired) electrons. The second-order valence-corrected chi connectivity index (χ2v) is 6.55. The summed E-state index contributed by atoms with van der Waals surface area (Å²) in [5.74, 6) is 3.43. The zero-order chi connectivity index (χ0) is 12.2. The fraction of sp³-hybridized carbons (Fsp3) is 0.600. The lowest BCUT2D eigenvalue weighted by Crippen LogP contribution is -2.29. The summed E-state index contributed by atoms with van der Waals surface area (Å²) in [6.07, 6.45) is 7.05. The summed E-state index contributed by atoms with van der Waals surface area (Å²) < 4.78 is 0. The lowest BCUT2D eigenvalue weighted by molar-refractivity contribution is -0.136. The van der Waals surface area contributed by atoms with Crippen molar-refractivity contribution in [3.05, 3.63) is 23.3 Å². The van der Waals surface area contributed by atoms with Crippen molar-refractivity contribution in [2.45, 2.75) is 12.8 Å². The van der Waals surface area contributed by atoms with Crippen LogP contribution in [0.1, 0.15) is 12.8 Å². The van der Waals surface area contributed by atoms with E-state index in [4.69, 9.17) is 0 Å². The molecule has 0 spiro atoms. The minimum absolute atomic E-state index is 0.00676. The molecule has 4 aliphatic carbocycles. The molecule has 0 aromatic carbocycles. The molecular formula is C15H15NO2. The number of likely N-dealkylation sites (tertiary alicyclic amines) is 1. The molecule has 2 saturated carbocycles. The van der Waals surface area contributed by atoms with Gasteiger partial charge in [0, 0.05) is 18.2 Å². The molecule has 0 aromatic heterocycles. The van der Waals surface area contributed by atoms with Crippen LogP contribution in [-0.4, -0.2) is 23.8 Å². The first-order valence-corrected chi connectivity index (χ1v) is 6.93. The highest BCUT2D eigenvalue weighted by Gasteiger charge is 2.65. The smallest absolute Gasteiger partial charge is 0.257 e. The first kappa shape index (κ1) is 9.54. The van der Waals surface area contributed by atoms with Gasteiger partial charge in [-0.1, -0.05) is 12.2 Å². The van der Waals surface area contributed by atoms with E-state index in [1.807, 2.05) is 0 Å². The summed E-state index contributed by atoms with van der Waals surface area (Å²) in [4.78, 5) is 25.8. The molecule has 3 nitrogen and oxygen atoms in total. The molecule has 5 rings (SSSR count). The third-order valence-electron chi connectivity index (χ3n) is 6.12. The summed E-state index contributed by atoms with van der Waals surface area (Å²) in [6, 6.07) is 0. The fourth-order valence-electron chi connectivity index (χ4n) is 5.64. The van der Waals surface area contributed by atoms with Gasteiger partial charge < -0.3 is 0 Å². The van der Waals surface area contributed by atoms with Gasteiger partial charge in [0.1, 0.15) is 0 Å². The number of imide groups is 1. The van der Waals surface area contributed by atoms with Gasteiger partial charge in [-0.3, -0.25) is 14.5 Å². The predicted octanol–water partition coefficient (Wildman–Crippen LogP) is 1.37. The van der Waals surface area contributed by atoms with Crippen molar-refractivity contribution in [1.29, 1.82) is 0 Å². The van der Waals surface area contributed by atoms with Gasteiger partial charge in [-0.15, -0.1) is 0 Å². The molecule has 3 heteroatoms. The highest BCUT2D eigenvalue weighted by molar-refractivity contribution is 6.20. The van der Waals surface area contributed by atoms with E-state index in [-0.39, 0.29) is 11.8 Å². The number of amides is 2. The van der Waals surface area contributed by atoms with Crippen LogP contribution in [0.15, 0.2) is 23.3 Å². The van der Waals surface area contributed by atoms with E-state index < -0.39 is 0 Å². The Hall–Kier alpha value is -1.38. The first-order chi connectivity index (χ1) is 8.68. The van der Waals surface area contributed by atoms with Gasteiger partial charge in [0.15, 0.2) is 0 Å². The molecular weight excluding hydrogens is 226 g/mol. The summed E-state index contributed by atoms with van der Waals surface area (Å²) in [5, 5.41) is 0. The Kier molecular flexibility index (Phi) is 1.39. The molecule has 0 saturated heterocycles. The quantitative estimate of drug-likeness (QED) is 0.365. The van der Waals surface area contributed by atoms with Crippen molar-refractivity contribution in [3.63, 3.8) is 0 Å². The molecule has 18 heavy (non-hydrogen) atoms. The number of allylic oxidation sites excluding steroid dienone is 2. The third-order valence-corrected chi connectivity index (χ3v) is 6.12. The van der Waals surface area contributed by atoms with Crippen molar-refractivity contribution in [3.8, 4) is 0 Å². The van der Waals surface area contributed by atoms with Crippen molar-refractivity contribution >= 4 is 11.8 Å². The molecule has 0 aromatic rings. The van der Waals surface area contributed by atoms with Crippen LogP contribution in [0.25, 0.3) is 0 Å². The molecule has 6 unspecified atom stereocenters. The normalized spacial score (nSPS) is 50.8.